The molecule has 4 aromatic carbocycles. The van der Waals surface area contributed by atoms with Crippen LogP contribution in [0.5, 0.6) is 0 Å². The highest BCUT2D eigenvalue weighted by Crippen LogP contribution is 2.31. The minimum atomic E-state index is -1.38. The molecule has 0 bridgehead atoms. The topological polar surface area (TPSA) is 150 Å². The third-order valence-corrected chi connectivity index (χ3v) is 8.54. The average Bonchev–Trinajstić information content (AvgIpc) is 3.51. The van der Waals surface area contributed by atoms with Gasteiger partial charge < -0.3 is 24.8 Å². The Morgan fingerprint density at radius 3 is 2.29 bits per heavy atom. The molecule has 0 saturated heterocycles. The summed E-state index contributed by atoms with van der Waals surface area (Å²) < 4.78 is 5.86. The molecule has 3 atom stereocenters. The Balaban J connectivity index is 1.51. The lowest BCUT2D eigenvalue weighted by Gasteiger charge is -2.36. The molecule has 1 aromatic heterocycles. The van der Waals surface area contributed by atoms with Crippen molar-refractivity contribution in [1.82, 2.24) is 15.2 Å². The number of aromatic nitrogens is 1. The molecular weight excluding hydrogens is 610 g/mol. The summed E-state index contributed by atoms with van der Waals surface area (Å²) in [6, 6.07) is 27.9. The first-order valence-electron chi connectivity index (χ1n) is 15.7. The van der Waals surface area contributed by atoms with Crippen LogP contribution in [0.3, 0.4) is 0 Å². The van der Waals surface area contributed by atoms with Crippen LogP contribution in [0.15, 0.2) is 101 Å². The third-order valence-electron chi connectivity index (χ3n) is 8.54. The molecule has 10 nitrogen and oxygen atoms in total. The van der Waals surface area contributed by atoms with Gasteiger partial charge in [-0.2, -0.15) is 0 Å². The Morgan fingerprint density at radius 2 is 1.60 bits per heavy atom. The van der Waals surface area contributed by atoms with Gasteiger partial charge in [0.1, 0.15) is 5.52 Å². The van der Waals surface area contributed by atoms with E-state index in [0.717, 1.165) is 27.4 Å². The monoisotopic (exact) mass is 647 g/mol. The first kappa shape index (κ1) is 33.6. The van der Waals surface area contributed by atoms with E-state index >= 15 is 0 Å². The fraction of sp³-hybridized carbons (Fsp3) is 0.237. The second kappa shape index (κ2) is 15.2. The number of nitrogens with zero attached hydrogens (tertiary/aromatic N) is 2. The van der Waals surface area contributed by atoms with Crippen LogP contribution >= 0.6 is 0 Å². The number of oxazole rings is 1. The summed E-state index contributed by atoms with van der Waals surface area (Å²) in [6.07, 6.45) is 3.00. The Kier molecular flexibility index (Phi) is 10.6. The molecule has 5 rings (SSSR count). The molecule has 10 heteroatoms. The summed E-state index contributed by atoms with van der Waals surface area (Å²) in [5.41, 5.74) is 3.57. The molecule has 0 aliphatic heterocycles. The van der Waals surface area contributed by atoms with Crippen LogP contribution in [-0.4, -0.2) is 56.9 Å². The standard InChI is InChI=1S/C38H37N3O7/c1-24(41(35(42)21-30(38(46)47)22-36(43)44)23-25-14-15-26-8-3-4-9-29(26)20-25)31(27-16-18-28(19-17-27)37(45)39-2)10-7-13-34-40-32-11-5-6-12-33(32)48-34/h3-9,11-20,24,30-31H,10,21-23H2,1-2H3,(H,39,45)(H,43,44)(H,46,47)/b13-7+. The molecule has 2 amide bonds. The molecule has 0 aliphatic rings. The molecule has 3 N–H and O–H groups in total. The van der Waals surface area contributed by atoms with Gasteiger partial charge in [0.15, 0.2) is 5.58 Å². The number of nitrogens with one attached hydrogen (secondary N) is 1. The molecule has 5 aromatic rings. The van der Waals surface area contributed by atoms with Crippen molar-refractivity contribution in [3.63, 3.8) is 0 Å². The number of allylic oxidation sites excluding steroid dienone is 1. The molecule has 1 heterocycles. The number of aliphatic carboxylic acids is 2. The number of benzene rings is 4. The van der Waals surface area contributed by atoms with Gasteiger partial charge in [0, 0.05) is 37.5 Å². The molecule has 0 spiro atoms. The number of carboxylic acids is 2. The number of rotatable bonds is 14. The third kappa shape index (κ3) is 8.14. The lowest BCUT2D eigenvalue weighted by molar-refractivity contribution is -0.151. The zero-order chi connectivity index (χ0) is 34.2. The van der Waals surface area contributed by atoms with Gasteiger partial charge in [-0.1, -0.05) is 66.7 Å². The number of fused-ring (bicyclic) bond motifs is 2. The second-order valence-corrected chi connectivity index (χ2v) is 11.7. The molecule has 0 saturated carbocycles. The van der Waals surface area contributed by atoms with Crippen LogP contribution in [0.1, 0.15) is 59.5 Å². The van der Waals surface area contributed by atoms with Gasteiger partial charge >= 0.3 is 11.9 Å². The quantitative estimate of drug-likeness (QED) is 0.123. The normalized spacial score (nSPS) is 13.3. The highest BCUT2D eigenvalue weighted by Gasteiger charge is 2.32. The SMILES string of the molecule is CNC(=O)c1ccc(C(C/C=C/c2nc3ccccc3o2)C(C)N(Cc2ccc3ccccc3c2)C(=O)CC(CC(=O)O)C(=O)O)cc1. The number of amides is 2. The van der Waals surface area contributed by atoms with Gasteiger partial charge in [0.25, 0.3) is 5.91 Å². The highest BCUT2D eigenvalue weighted by atomic mass is 16.4. The second-order valence-electron chi connectivity index (χ2n) is 11.7. The van der Waals surface area contributed by atoms with Gasteiger partial charge in [-0.15, -0.1) is 0 Å². The molecule has 48 heavy (non-hydrogen) atoms. The fourth-order valence-corrected chi connectivity index (χ4v) is 5.91. The van der Waals surface area contributed by atoms with Crippen molar-refractivity contribution in [2.45, 2.75) is 44.7 Å². The Hall–Kier alpha value is -5.77. The smallest absolute Gasteiger partial charge is 0.307 e. The van der Waals surface area contributed by atoms with Crippen LogP contribution in [0.4, 0.5) is 0 Å². The van der Waals surface area contributed by atoms with E-state index in [9.17, 15) is 29.4 Å². The summed E-state index contributed by atoms with van der Waals surface area (Å²) >= 11 is 0. The van der Waals surface area contributed by atoms with Crippen molar-refractivity contribution in [2.24, 2.45) is 5.92 Å². The Bertz CT molecular complexity index is 1930. The van der Waals surface area contributed by atoms with E-state index in [1.54, 1.807) is 30.2 Å². The minimum Gasteiger partial charge on any atom is -0.481 e. The number of carbonyl (C=O) groups excluding carboxylic acids is 2. The van der Waals surface area contributed by atoms with E-state index < -0.39 is 42.6 Å². The zero-order valence-electron chi connectivity index (χ0n) is 26.7. The molecule has 3 unspecified atom stereocenters. The summed E-state index contributed by atoms with van der Waals surface area (Å²) in [5.74, 6) is -4.59. The summed E-state index contributed by atoms with van der Waals surface area (Å²) in [6.45, 7) is 2.07. The van der Waals surface area contributed by atoms with E-state index in [2.05, 4.69) is 10.3 Å². The Labute approximate surface area is 277 Å². The molecule has 0 fully saturated rings. The predicted molar refractivity (Wildman–Crippen MR) is 182 cm³/mol. The van der Waals surface area contributed by atoms with Crippen molar-refractivity contribution in [3.05, 3.63) is 120 Å². The molecular formula is C38H37N3O7. The average molecular weight is 648 g/mol. The lowest BCUT2D eigenvalue weighted by Crippen LogP contribution is -2.43. The number of hydrogen-bond donors (Lipinski definition) is 3. The van der Waals surface area contributed by atoms with E-state index in [4.69, 9.17) is 4.42 Å². The number of carbonyl (C=O) groups is 4. The number of carboxylic acid groups (broad SMARTS) is 2. The maximum absolute atomic E-state index is 14.0. The van der Waals surface area contributed by atoms with Crippen LogP contribution in [0, 0.1) is 5.92 Å². The molecule has 0 aliphatic carbocycles. The summed E-state index contributed by atoms with van der Waals surface area (Å²) in [5, 5.41) is 23.8. The first-order chi connectivity index (χ1) is 23.1. The highest BCUT2D eigenvalue weighted by molar-refractivity contribution is 5.94. The van der Waals surface area contributed by atoms with Crippen molar-refractivity contribution >= 4 is 51.7 Å². The van der Waals surface area contributed by atoms with Gasteiger partial charge in [-0.3, -0.25) is 19.2 Å². The first-order valence-corrected chi connectivity index (χ1v) is 15.7. The van der Waals surface area contributed by atoms with Crippen LogP contribution in [0.2, 0.25) is 0 Å². The molecule has 246 valence electrons. The van der Waals surface area contributed by atoms with Crippen molar-refractivity contribution in [3.8, 4) is 0 Å². The molecule has 0 radical (unpaired) electrons. The fourth-order valence-electron chi connectivity index (χ4n) is 5.91. The van der Waals surface area contributed by atoms with Gasteiger partial charge in [-0.25, -0.2) is 4.98 Å². The lowest BCUT2D eigenvalue weighted by atomic mass is 9.87. The summed E-state index contributed by atoms with van der Waals surface area (Å²) in [4.78, 5) is 55.9. The number of para-hydroxylation sites is 2. The summed E-state index contributed by atoms with van der Waals surface area (Å²) in [7, 11) is 1.56. The van der Waals surface area contributed by atoms with E-state index in [-0.39, 0.29) is 18.4 Å². The minimum absolute atomic E-state index is 0.173. The number of hydrogen-bond acceptors (Lipinski definition) is 6. The van der Waals surface area contributed by atoms with Gasteiger partial charge in [-0.05, 0) is 71.7 Å². The van der Waals surface area contributed by atoms with E-state index in [1.807, 2.05) is 91.9 Å². The van der Waals surface area contributed by atoms with Gasteiger partial charge in [0.05, 0.1) is 12.3 Å². The van der Waals surface area contributed by atoms with E-state index in [0.29, 0.717) is 23.5 Å². The zero-order valence-corrected chi connectivity index (χ0v) is 26.7. The maximum Gasteiger partial charge on any atom is 0.307 e. The van der Waals surface area contributed by atoms with Crippen LogP contribution in [0.25, 0.3) is 27.9 Å². The van der Waals surface area contributed by atoms with Crippen LogP contribution < -0.4 is 5.32 Å². The van der Waals surface area contributed by atoms with Crippen molar-refractivity contribution < 1.29 is 33.8 Å². The van der Waals surface area contributed by atoms with Crippen LogP contribution in [-0.2, 0) is 20.9 Å². The van der Waals surface area contributed by atoms with Crippen molar-refractivity contribution in [1.29, 1.82) is 0 Å². The van der Waals surface area contributed by atoms with Gasteiger partial charge in [0.2, 0.25) is 11.8 Å². The largest absolute Gasteiger partial charge is 0.481 e. The Morgan fingerprint density at radius 1 is 0.896 bits per heavy atom. The van der Waals surface area contributed by atoms with E-state index in [1.165, 1.54) is 0 Å². The van der Waals surface area contributed by atoms with Crippen molar-refractivity contribution in [2.75, 3.05) is 7.05 Å². The predicted octanol–water partition coefficient (Wildman–Crippen LogP) is 6.51. The maximum atomic E-state index is 14.0.